The van der Waals surface area contributed by atoms with E-state index in [1.54, 1.807) is 20.8 Å². The molecule has 3 heterocycles. The SMILES string of the molecule is COC(=O)c1cnc(CN(C=O)[C@@H]2C[C@@H](F)CN2C(=O)OC(C)(C)C)cc1-c1ccc(C(F)(F)F)nc1. The van der Waals surface area contributed by atoms with E-state index in [-0.39, 0.29) is 41.9 Å². The van der Waals surface area contributed by atoms with Crippen molar-refractivity contribution in [3.63, 3.8) is 0 Å². The zero-order chi connectivity index (χ0) is 27.5. The molecule has 2 atom stereocenters. The van der Waals surface area contributed by atoms with Crippen LogP contribution >= 0.6 is 0 Å². The van der Waals surface area contributed by atoms with E-state index in [2.05, 4.69) is 9.97 Å². The van der Waals surface area contributed by atoms with Crippen LogP contribution in [0, 0.1) is 0 Å². The average molecular weight is 526 g/mol. The Morgan fingerprint density at radius 1 is 1.19 bits per heavy atom. The molecule has 0 aromatic carbocycles. The van der Waals surface area contributed by atoms with Crippen LogP contribution in [0.1, 0.15) is 48.9 Å². The minimum absolute atomic E-state index is 0.0365. The summed E-state index contributed by atoms with van der Waals surface area (Å²) in [6.45, 7) is 4.52. The largest absolute Gasteiger partial charge is 0.465 e. The van der Waals surface area contributed by atoms with Crippen molar-refractivity contribution in [3.8, 4) is 11.1 Å². The van der Waals surface area contributed by atoms with Gasteiger partial charge >= 0.3 is 18.2 Å². The Hall–Kier alpha value is -3.77. The second-order valence-electron chi connectivity index (χ2n) is 9.37. The minimum Gasteiger partial charge on any atom is -0.465 e. The number of carbonyl (C=O) groups excluding carboxylic acids is 3. The predicted octanol–water partition coefficient (Wildman–Crippen LogP) is 4.21. The van der Waals surface area contributed by atoms with Gasteiger partial charge in [-0.15, -0.1) is 0 Å². The fraction of sp³-hybridized carbons (Fsp3) is 0.458. The number of pyridine rings is 2. The topological polar surface area (TPSA) is 102 Å². The molecule has 2 aromatic heterocycles. The van der Waals surface area contributed by atoms with E-state index < -0.39 is 41.9 Å². The van der Waals surface area contributed by atoms with Crippen molar-refractivity contribution in [1.82, 2.24) is 19.8 Å². The van der Waals surface area contributed by atoms with Gasteiger partial charge in [-0.2, -0.15) is 13.2 Å². The summed E-state index contributed by atoms with van der Waals surface area (Å²) in [5.41, 5.74) is -1.41. The van der Waals surface area contributed by atoms with Gasteiger partial charge in [0, 0.05) is 29.9 Å². The van der Waals surface area contributed by atoms with Crippen LogP contribution in [0.2, 0.25) is 0 Å². The summed E-state index contributed by atoms with van der Waals surface area (Å²) < 4.78 is 63.2. The Balaban J connectivity index is 1.93. The number of hydrogen-bond acceptors (Lipinski definition) is 7. The van der Waals surface area contributed by atoms with Gasteiger partial charge in [0.1, 0.15) is 23.6 Å². The highest BCUT2D eigenvalue weighted by Crippen LogP contribution is 2.31. The van der Waals surface area contributed by atoms with E-state index in [1.807, 2.05) is 0 Å². The van der Waals surface area contributed by atoms with Crippen LogP contribution in [0.3, 0.4) is 0 Å². The fourth-order valence-electron chi connectivity index (χ4n) is 3.81. The summed E-state index contributed by atoms with van der Waals surface area (Å²) in [5, 5.41) is 0. The number of nitrogens with zero attached hydrogens (tertiary/aromatic N) is 4. The van der Waals surface area contributed by atoms with Gasteiger partial charge in [0.2, 0.25) is 6.41 Å². The Bertz CT molecular complexity index is 1150. The molecule has 9 nitrogen and oxygen atoms in total. The molecule has 0 spiro atoms. The fourth-order valence-corrected chi connectivity index (χ4v) is 3.81. The molecule has 1 aliphatic heterocycles. The lowest BCUT2D eigenvalue weighted by molar-refractivity contribution is -0.141. The number of halogens is 4. The van der Waals surface area contributed by atoms with E-state index >= 15 is 0 Å². The number of esters is 1. The Morgan fingerprint density at radius 2 is 1.89 bits per heavy atom. The van der Waals surface area contributed by atoms with Crippen molar-refractivity contribution >= 4 is 18.5 Å². The zero-order valence-corrected chi connectivity index (χ0v) is 20.6. The molecule has 200 valence electrons. The first kappa shape index (κ1) is 27.8. The third kappa shape index (κ3) is 6.71. The van der Waals surface area contributed by atoms with Gasteiger partial charge in [-0.1, -0.05) is 6.07 Å². The second kappa shape index (κ2) is 10.7. The van der Waals surface area contributed by atoms with Crippen molar-refractivity contribution in [1.29, 1.82) is 0 Å². The van der Waals surface area contributed by atoms with Gasteiger partial charge in [-0.25, -0.2) is 14.0 Å². The first-order valence-electron chi connectivity index (χ1n) is 11.2. The minimum atomic E-state index is -4.65. The molecule has 0 aliphatic carbocycles. The molecule has 2 aromatic rings. The molecule has 1 saturated heterocycles. The normalized spacial score (nSPS) is 17.9. The molecule has 1 fully saturated rings. The summed E-state index contributed by atoms with van der Waals surface area (Å²) >= 11 is 0. The molecule has 3 rings (SSSR count). The number of hydrogen-bond donors (Lipinski definition) is 0. The van der Waals surface area contributed by atoms with Gasteiger partial charge in [0.15, 0.2) is 0 Å². The molecule has 0 saturated carbocycles. The Kier molecular flexibility index (Phi) is 8.03. The molecular weight excluding hydrogens is 500 g/mol. The smallest absolute Gasteiger partial charge is 0.433 e. The zero-order valence-electron chi connectivity index (χ0n) is 20.6. The lowest BCUT2D eigenvalue weighted by Gasteiger charge is -2.33. The van der Waals surface area contributed by atoms with Crippen LogP contribution in [-0.4, -0.2) is 69.8 Å². The number of likely N-dealkylation sites (tertiary alicyclic amines) is 1. The number of aromatic nitrogens is 2. The molecule has 0 unspecified atom stereocenters. The lowest BCUT2D eigenvalue weighted by Crippen LogP contribution is -2.48. The van der Waals surface area contributed by atoms with Crippen LogP contribution in [0.4, 0.5) is 22.4 Å². The van der Waals surface area contributed by atoms with Crippen molar-refractivity contribution in [2.75, 3.05) is 13.7 Å². The molecule has 0 N–H and O–H groups in total. The molecule has 37 heavy (non-hydrogen) atoms. The summed E-state index contributed by atoms with van der Waals surface area (Å²) in [6, 6.07) is 3.31. The van der Waals surface area contributed by atoms with Crippen LogP contribution in [0.5, 0.6) is 0 Å². The monoisotopic (exact) mass is 526 g/mol. The number of methoxy groups -OCH3 is 1. The highest BCUT2D eigenvalue weighted by molar-refractivity contribution is 5.96. The lowest BCUT2D eigenvalue weighted by atomic mass is 10.0. The van der Waals surface area contributed by atoms with Crippen LogP contribution < -0.4 is 0 Å². The van der Waals surface area contributed by atoms with Crippen LogP contribution in [-0.2, 0) is 27.0 Å². The summed E-state index contributed by atoms with van der Waals surface area (Å²) in [4.78, 5) is 46.7. The van der Waals surface area contributed by atoms with E-state index in [4.69, 9.17) is 9.47 Å². The van der Waals surface area contributed by atoms with Crippen LogP contribution in [0.25, 0.3) is 11.1 Å². The first-order chi connectivity index (χ1) is 17.2. The maximum absolute atomic E-state index is 14.3. The van der Waals surface area contributed by atoms with E-state index in [0.29, 0.717) is 6.41 Å². The third-order valence-corrected chi connectivity index (χ3v) is 5.44. The molecule has 0 bridgehead atoms. The van der Waals surface area contributed by atoms with E-state index in [9.17, 15) is 31.9 Å². The third-order valence-electron chi connectivity index (χ3n) is 5.44. The first-order valence-corrected chi connectivity index (χ1v) is 11.2. The van der Waals surface area contributed by atoms with Crippen molar-refractivity contribution < 1.29 is 41.4 Å². The maximum Gasteiger partial charge on any atom is 0.433 e. The predicted molar refractivity (Wildman–Crippen MR) is 122 cm³/mol. The van der Waals surface area contributed by atoms with Crippen molar-refractivity contribution in [2.45, 2.75) is 57.9 Å². The second-order valence-corrected chi connectivity index (χ2v) is 9.37. The highest BCUT2D eigenvalue weighted by Gasteiger charge is 2.41. The van der Waals surface area contributed by atoms with Crippen molar-refractivity contribution in [3.05, 3.63) is 47.5 Å². The van der Waals surface area contributed by atoms with Crippen LogP contribution in [0.15, 0.2) is 30.6 Å². The van der Waals surface area contributed by atoms with Gasteiger partial charge < -0.3 is 14.4 Å². The number of rotatable bonds is 6. The Morgan fingerprint density at radius 3 is 2.43 bits per heavy atom. The summed E-state index contributed by atoms with van der Waals surface area (Å²) in [7, 11) is 1.14. The molecule has 1 aliphatic rings. The summed E-state index contributed by atoms with van der Waals surface area (Å²) in [6.07, 6.45) is -5.36. The van der Waals surface area contributed by atoms with Gasteiger partial charge in [-0.3, -0.25) is 19.7 Å². The quantitative estimate of drug-likeness (QED) is 0.316. The average Bonchev–Trinajstić information content (AvgIpc) is 3.22. The van der Waals surface area contributed by atoms with Gasteiger partial charge in [-0.05, 0) is 32.9 Å². The van der Waals surface area contributed by atoms with E-state index in [0.717, 1.165) is 36.5 Å². The number of carbonyl (C=O) groups is 3. The highest BCUT2D eigenvalue weighted by atomic mass is 19.4. The maximum atomic E-state index is 14.3. The number of amides is 2. The van der Waals surface area contributed by atoms with Crippen molar-refractivity contribution in [2.24, 2.45) is 0 Å². The number of ether oxygens (including phenoxy) is 2. The number of alkyl halides is 4. The standard InChI is InChI=1S/C24H26F4N4O5/c1-23(2,3)37-22(35)32-11-15(25)7-20(32)31(13-33)12-16-8-17(18(10-29-16)21(34)36-4)14-5-6-19(30-9-14)24(26,27)28/h5-6,8-10,13,15,20H,7,11-12H2,1-4H3/t15-,20+/m1/s1. The molecule has 13 heteroatoms. The molecule has 0 radical (unpaired) electrons. The molecule has 2 amide bonds. The molecular formula is C24H26F4N4O5. The summed E-state index contributed by atoms with van der Waals surface area (Å²) in [5.74, 6) is -0.784. The Labute approximate surface area is 210 Å². The van der Waals surface area contributed by atoms with Gasteiger partial charge in [0.05, 0.1) is 31.5 Å². The van der Waals surface area contributed by atoms with E-state index in [1.165, 1.54) is 11.0 Å². The van der Waals surface area contributed by atoms with Gasteiger partial charge in [0.25, 0.3) is 0 Å².